The molecule has 0 aromatic rings. The van der Waals surface area contributed by atoms with E-state index < -0.39 is 0 Å². The van der Waals surface area contributed by atoms with E-state index in [2.05, 4.69) is 5.32 Å². The van der Waals surface area contributed by atoms with E-state index in [9.17, 15) is 4.79 Å². The van der Waals surface area contributed by atoms with Gasteiger partial charge in [0.05, 0.1) is 0 Å². The van der Waals surface area contributed by atoms with Gasteiger partial charge in [0.2, 0.25) is 5.91 Å². The maximum Gasteiger partial charge on any atom is 0.221 e. The first-order valence-corrected chi connectivity index (χ1v) is 5.12. The first-order valence-electron chi connectivity index (χ1n) is 5.12. The lowest BCUT2D eigenvalue weighted by molar-refractivity contribution is -0.122. The molecule has 0 saturated heterocycles. The van der Waals surface area contributed by atoms with E-state index in [4.69, 9.17) is 11.5 Å². The van der Waals surface area contributed by atoms with Crippen LogP contribution < -0.4 is 16.8 Å². The van der Waals surface area contributed by atoms with Gasteiger partial charge in [-0.3, -0.25) is 4.79 Å². The second-order valence-electron chi connectivity index (χ2n) is 4.69. The van der Waals surface area contributed by atoms with E-state index in [1.807, 2.05) is 20.8 Å². The fourth-order valence-corrected chi connectivity index (χ4v) is 1.19. The smallest absolute Gasteiger partial charge is 0.221 e. The van der Waals surface area contributed by atoms with Gasteiger partial charge < -0.3 is 16.8 Å². The number of nitrogens with one attached hydrogen (secondary N) is 1. The Balaban J connectivity index is 3.71. The van der Waals surface area contributed by atoms with Crippen LogP contribution >= 0.6 is 0 Å². The van der Waals surface area contributed by atoms with Gasteiger partial charge >= 0.3 is 0 Å². The zero-order chi connectivity index (χ0) is 11.2. The summed E-state index contributed by atoms with van der Waals surface area (Å²) in [5.74, 6) is 0.0158. The van der Waals surface area contributed by atoms with Crippen molar-refractivity contribution in [1.82, 2.24) is 5.32 Å². The van der Waals surface area contributed by atoms with Gasteiger partial charge in [-0.15, -0.1) is 0 Å². The molecule has 0 unspecified atom stereocenters. The predicted octanol–water partition coefficient (Wildman–Crippen LogP) is 0.357. The Kier molecular flexibility index (Phi) is 5.72. The summed E-state index contributed by atoms with van der Waals surface area (Å²) in [5.41, 5.74) is 10.9. The summed E-state index contributed by atoms with van der Waals surface area (Å²) in [7, 11) is 0. The van der Waals surface area contributed by atoms with E-state index in [-0.39, 0.29) is 17.5 Å². The summed E-state index contributed by atoms with van der Waals surface area (Å²) >= 11 is 0. The van der Waals surface area contributed by atoms with Crippen LogP contribution in [0.2, 0.25) is 0 Å². The molecule has 0 bridgehead atoms. The van der Waals surface area contributed by atoms with Crippen molar-refractivity contribution in [3.05, 3.63) is 0 Å². The van der Waals surface area contributed by atoms with Gasteiger partial charge in [-0.25, -0.2) is 0 Å². The Morgan fingerprint density at radius 3 is 2.43 bits per heavy atom. The minimum Gasteiger partial charge on any atom is -0.351 e. The largest absolute Gasteiger partial charge is 0.351 e. The minimum absolute atomic E-state index is 0.0158. The molecule has 5 N–H and O–H groups in total. The monoisotopic (exact) mass is 201 g/mol. The van der Waals surface area contributed by atoms with Crippen LogP contribution in [0, 0.1) is 0 Å². The molecule has 14 heavy (non-hydrogen) atoms. The molecule has 4 heteroatoms. The normalized spacial score (nSPS) is 13.8. The topological polar surface area (TPSA) is 81.1 Å². The SMILES string of the molecule is CC(C)(C)NC(=O)C[C@@H](N)CCCN. The van der Waals surface area contributed by atoms with E-state index in [1.165, 1.54) is 0 Å². The fourth-order valence-electron chi connectivity index (χ4n) is 1.19. The summed E-state index contributed by atoms with van der Waals surface area (Å²) in [6.07, 6.45) is 2.08. The first-order chi connectivity index (χ1) is 6.35. The lowest BCUT2D eigenvalue weighted by atomic mass is 10.1. The van der Waals surface area contributed by atoms with Crippen molar-refractivity contribution in [2.45, 2.75) is 51.6 Å². The molecule has 0 spiro atoms. The van der Waals surface area contributed by atoms with E-state index in [0.717, 1.165) is 12.8 Å². The molecule has 0 aromatic carbocycles. The Bertz CT molecular complexity index is 175. The Hall–Kier alpha value is -0.610. The Labute approximate surface area is 86.4 Å². The van der Waals surface area contributed by atoms with Crippen LogP contribution in [0.25, 0.3) is 0 Å². The molecule has 0 rings (SSSR count). The molecule has 0 heterocycles. The lowest BCUT2D eigenvalue weighted by Crippen LogP contribution is -2.43. The predicted molar refractivity (Wildman–Crippen MR) is 58.8 cm³/mol. The van der Waals surface area contributed by atoms with Crippen molar-refractivity contribution in [3.63, 3.8) is 0 Å². The van der Waals surface area contributed by atoms with Crippen LogP contribution in [0.3, 0.4) is 0 Å². The average molecular weight is 201 g/mol. The van der Waals surface area contributed by atoms with Gasteiger partial charge in [0.25, 0.3) is 0 Å². The highest BCUT2D eigenvalue weighted by atomic mass is 16.1. The summed E-state index contributed by atoms with van der Waals surface area (Å²) < 4.78 is 0. The van der Waals surface area contributed by atoms with Crippen molar-refractivity contribution in [3.8, 4) is 0 Å². The Morgan fingerprint density at radius 1 is 1.43 bits per heavy atom. The summed E-state index contributed by atoms with van der Waals surface area (Å²) in [5, 5.41) is 2.88. The lowest BCUT2D eigenvalue weighted by Gasteiger charge is -2.21. The molecule has 0 aliphatic carbocycles. The third-order valence-corrected chi connectivity index (χ3v) is 1.74. The molecule has 1 amide bonds. The van der Waals surface area contributed by atoms with Gasteiger partial charge in [0.1, 0.15) is 0 Å². The zero-order valence-corrected chi connectivity index (χ0v) is 9.47. The quantitative estimate of drug-likeness (QED) is 0.600. The molecule has 0 aliphatic rings. The van der Waals surface area contributed by atoms with Gasteiger partial charge in [-0.1, -0.05) is 0 Å². The molecule has 84 valence electrons. The van der Waals surface area contributed by atoms with E-state index >= 15 is 0 Å². The zero-order valence-electron chi connectivity index (χ0n) is 9.47. The van der Waals surface area contributed by atoms with Gasteiger partial charge in [-0.2, -0.15) is 0 Å². The molecule has 4 nitrogen and oxygen atoms in total. The number of rotatable bonds is 5. The van der Waals surface area contributed by atoms with Crippen molar-refractivity contribution >= 4 is 5.91 Å². The van der Waals surface area contributed by atoms with Crippen LogP contribution in [-0.4, -0.2) is 24.0 Å². The average Bonchev–Trinajstić information content (AvgIpc) is 1.96. The highest BCUT2D eigenvalue weighted by Crippen LogP contribution is 2.02. The third kappa shape index (κ3) is 8.01. The molecule has 0 aromatic heterocycles. The second-order valence-corrected chi connectivity index (χ2v) is 4.69. The Morgan fingerprint density at radius 2 is 2.00 bits per heavy atom. The third-order valence-electron chi connectivity index (χ3n) is 1.74. The first kappa shape index (κ1) is 13.4. The van der Waals surface area contributed by atoms with Crippen LogP contribution in [0.1, 0.15) is 40.0 Å². The number of hydrogen-bond donors (Lipinski definition) is 3. The van der Waals surface area contributed by atoms with Crippen LogP contribution in [-0.2, 0) is 4.79 Å². The van der Waals surface area contributed by atoms with Gasteiger partial charge in [-0.05, 0) is 40.2 Å². The molecule has 0 fully saturated rings. The van der Waals surface area contributed by atoms with Gasteiger partial charge in [0, 0.05) is 18.0 Å². The van der Waals surface area contributed by atoms with Crippen molar-refractivity contribution < 1.29 is 4.79 Å². The van der Waals surface area contributed by atoms with Crippen molar-refractivity contribution in [2.24, 2.45) is 11.5 Å². The van der Waals surface area contributed by atoms with Gasteiger partial charge in [0.15, 0.2) is 0 Å². The molecular weight excluding hydrogens is 178 g/mol. The fraction of sp³-hybridized carbons (Fsp3) is 0.900. The van der Waals surface area contributed by atoms with Crippen LogP contribution in [0.15, 0.2) is 0 Å². The minimum atomic E-state index is -0.176. The number of nitrogens with two attached hydrogens (primary N) is 2. The molecule has 0 radical (unpaired) electrons. The summed E-state index contributed by atoms with van der Waals surface area (Å²) in [6.45, 7) is 6.50. The maximum atomic E-state index is 11.4. The standard InChI is InChI=1S/C10H23N3O/c1-10(2,3)13-9(14)7-8(12)5-4-6-11/h8H,4-7,11-12H2,1-3H3,(H,13,14)/t8-/m0/s1. The number of carbonyl (C=O) groups is 1. The maximum absolute atomic E-state index is 11.4. The molecule has 0 saturated carbocycles. The van der Waals surface area contributed by atoms with E-state index in [1.54, 1.807) is 0 Å². The number of carbonyl (C=O) groups excluding carboxylic acids is 1. The van der Waals surface area contributed by atoms with Crippen LogP contribution in [0.4, 0.5) is 0 Å². The van der Waals surface area contributed by atoms with Crippen molar-refractivity contribution in [1.29, 1.82) is 0 Å². The number of hydrogen-bond acceptors (Lipinski definition) is 3. The highest BCUT2D eigenvalue weighted by molar-refractivity contribution is 5.77. The summed E-state index contributed by atoms with van der Waals surface area (Å²) in [6, 6.07) is -0.0686. The van der Waals surface area contributed by atoms with E-state index in [0.29, 0.717) is 13.0 Å². The molecular formula is C10H23N3O. The van der Waals surface area contributed by atoms with Crippen molar-refractivity contribution in [2.75, 3.05) is 6.54 Å². The number of amides is 1. The second kappa shape index (κ2) is 5.98. The molecule has 0 aliphatic heterocycles. The summed E-state index contributed by atoms with van der Waals surface area (Å²) in [4.78, 5) is 11.4. The molecule has 1 atom stereocenters. The highest BCUT2D eigenvalue weighted by Gasteiger charge is 2.15. The van der Waals surface area contributed by atoms with Crippen LogP contribution in [0.5, 0.6) is 0 Å².